The maximum atomic E-state index is 12.6. The van der Waals surface area contributed by atoms with Gasteiger partial charge in [-0.25, -0.2) is 9.78 Å². The van der Waals surface area contributed by atoms with E-state index < -0.39 is 23.4 Å². The maximum Gasteiger partial charge on any atom is 1.00 e. The fraction of sp³-hybridized carbons (Fsp3) is 0.667. The van der Waals surface area contributed by atoms with Gasteiger partial charge in [-0.15, -0.1) is 11.3 Å². The van der Waals surface area contributed by atoms with E-state index in [1.807, 2.05) is 0 Å². The molecule has 2 rings (SSSR count). The van der Waals surface area contributed by atoms with E-state index in [1.165, 1.54) is 0 Å². The summed E-state index contributed by atoms with van der Waals surface area (Å²) in [6.07, 6.45) is 0.478. The monoisotopic (exact) mass is 375 g/mol. The first-order valence-electron chi connectivity index (χ1n) is 6.95. The number of hydrogen-bond acceptors (Lipinski definition) is 5. The smallest absolute Gasteiger partial charge is 0.444 e. The van der Waals surface area contributed by atoms with Gasteiger partial charge in [0.05, 0.1) is 0 Å². The molecule has 2 heterocycles. The molecular weight excluding hydrogens is 357 g/mol. The first-order chi connectivity index (χ1) is 10.1. The minimum absolute atomic E-state index is 0. The van der Waals surface area contributed by atoms with Crippen molar-refractivity contribution in [2.45, 2.75) is 26.4 Å². The number of rotatable bonds is 2. The van der Waals surface area contributed by atoms with Crippen molar-refractivity contribution in [2.75, 3.05) is 31.1 Å². The van der Waals surface area contributed by atoms with Gasteiger partial charge in [-0.1, -0.05) is 0 Å². The van der Waals surface area contributed by atoms with Crippen molar-refractivity contribution < 1.29 is 73.9 Å². The van der Waals surface area contributed by atoms with Crippen molar-refractivity contribution in [3.05, 3.63) is 6.20 Å². The van der Waals surface area contributed by atoms with Crippen molar-refractivity contribution >= 4 is 34.3 Å². The number of anilines is 1. The van der Waals surface area contributed by atoms with E-state index in [0.29, 0.717) is 42.6 Å². The Labute approximate surface area is 180 Å². The zero-order valence-corrected chi connectivity index (χ0v) is 17.6. The predicted molar refractivity (Wildman–Crippen MR) is 80.8 cm³/mol. The Bertz CT molecular complexity index is 542. The predicted octanol–water partition coefficient (Wildman–Crippen LogP) is -0.741. The Morgan fingerprint density at radius 3 is 2.26 bits per heavy atom. The standard InChI is InChI=1S/C12H18BF3N3O2S.K/c1-12(2,3)21-11(20)19-6-4-18(5-7-19)10-17-8-9(22-10)13(14,15)16;/h8H,4-7H2,1-3H3;/q-1;+1. The van der Waals surface area contributed by atoms with Crippen LogP contribution < -0.4 is 61.1 Å². The van der Waals surface area contributed by atoms with Gasteiger partial charge in [0.2, 0.25) is 0 Å². The van der Waals surface area contributed by atoms with E-state index in [9.17, 15) is 17.7 Å². The fourth-order valence-electron chi connectivity index (χ4n) is 1.98. The van der Waals surface area contributed by atoms with E-state index in [1.54, 1.807) is 30.6 Å². The van der Waals surface area contributed by atoms with Crippen molar-refractivity contribution in [3.63, 3.8) is 0 Å². The molecule has 23 heavy (non-hydrogen) atoms. The third-order valence-electron chi connectivity index (χ3n) is 3.04. The van der Waals surface area contributed by atoms with Crippen molar-refractivity contribution in [2.24, 2.45) is 0 Å². The quantitative estimate of drug-likeness (QED) is 0.639. The molecule has 0 spiro atoms. The molecule has 1 saturated heterocycles. The fourth-order valence-corrected chi connectivity index (χ4v) is 2.85. The number of carbonyl (C=O) groups excluding carboxylic acids is 1. The normalized spacial score (nSPS) is 16.1. The maximum absolute atomic E-state index is 12.6. The molecule has 0 bridgehead atoms. The Kier molecular flexibility index (Phi) is 7.43. The number of piperazine rings is 1. The first-order valence-corrected chi connectivity index (χ1v) is 7.76. The van der Waals surface area contributed by atoms with Crippen LogP contribution in [-0.4, -0.2) is 54.7 Å². The SMILES string of the molecule is CC(C)(C)OC(=O)N1CCN(c2ncc([B-](F)(F)F)s2)CC1.[K+]. The van der Waals surface area contributed by atoms with Gasteiger partial charge in [-0.3, -0.25) is 0 Å². The minimum atomic E-state index is -5.01. The Hall–Kier alpha value is 0.191. The number of aromatic nitrogens is 1. The van der Waals surface area contributed by atoms with Gasteiger partial charge < -0.3 is 27.5 Å². The number of thiazole rings is 1. The molecule has 1 aromatic heterocycles. The summed E-state index contributed by atoms with van der Waals surface area (Å²) in [6.45, 7) is 2.05. The van der Waals surface area contributed by atoms with E-state index >= 15 is 0 Å². The molecule has 0 atom stereocenters. The van der Waals surface area contributed by atoms with Crippen LogP contribution in [-0.2, 0) is 4.74 Å². The molecule has 1 aromatic rings. The molecule has 1 aliphatic heterocycles. The van der Waals surface area contributed by atoms with Crippen LogP contribution in [0.4, 0.5) is 22.9 Å². The number of amides is 1. The van der Waals surface area contributed by atoms with Gasteiger partial charge in [0.15, 0.2) is 5.13 Å². The summed E-state index contributed by atoms with van der Waals surface area (Å²) >= 11 is 0.649. The molecule has 1 fully saturated rings. The zero-order chi connectivity index (χ0) is 16.5. The van der Waals surface area contributed by atoms with Crippen molar-refractivity contribution in [3.8, 4) is 0 Å². The molecule has 11 heteroatoms. The van der Waals surface area contributed by atoms with Crippen LogP contribution in [0.2, 0.25) is 0 Å². The summed E-state index contributed by atoms with van der Waals surface area (Å²) in [7, 11) is 0. The van der Waals surface area contributed by atoms with Crippen LogP contribution >= 0.6 is 11.3 Å². The van der Waals surface area contributed by atoms with E-state index in [0.717, 1.165) is 6.20 Å². The number of nitrogens with zero attached hydrogens (tertiary/aromatic N) is 3. The van der Waals surface area contributed by atoms with Gasteiger partial charge >= 0.3 is 64.5 Å². The second kappa shape index (κ2) is 8.05. The summed E-state index contributed by atoms with van der Waals surface area (Å²) in [5.74, 6) is 0. The first kappa shape index (κ1) is 21.2. The van der Waals surface area contributed by atoms with Gasteiger partial charge in [-0.05, 0) is 25.5 Å². The molecule has 0 aliphatic carbocycles. The summed E-state index contributed by atoms with van der Waals surface area (Å²) in [6, 6.07) is 0. The van der Waals surface area contributed by atoms with Crippen LogP contribution in [0.3, 0.4) is 0 Å². The third-order valence-corrected chi connectivity index (χ3v) is 4.19. The second-order valence-corrected chi connectivity index (χ2v) is 7.12. The second-order valence-electron chi connectivity index (χ2n) is 6.07. The average molecular weight is 375 g/mol. The molecule has 5 nitrogen and oxygen atoms in total. The average Bonchev–Trinajstić information content (AvgIpc) is 2.86. The van der Waals surface area contributed by atoms with Crippen molar-refractivity contribution in [1.82, 2.24) is 9.88 Å². The Morgan fingerprint density at radius 2 is 1.83 bits per heavy atom. The largest absolute Gasteiger partial charge is 1.00 e. The van der Waals surface area contributed by atoms with Crippen LogP contribution in [0.15, 0.2) is 6.20 Å². The van der Waals surface area contributed by atoms with Crippen molar-refractivity contribution in [1.29, 1.82) is 0 Å². The molecule has 124 valence electrons. The van der Waals surface area contributed by atoms with Gasteiger partial charge in [0.1, 0.15) is 5.60 Å². The van der Waals surface area contributed by atoms with Crippen LogP contribution in [0.25, 0.3) is 0 Å². The number of carbonyl (C=O) groups is 1. The topological polar surface area (TPSA) is 45.7 Å². The molecule has 1 aliphatic rings. The molecule has 0 unspecified atom stereocenters. The zero-order valence-electron chi connectivity index (χ0n) is 13.7. The van der Waals surface area contributed by atoms with E-state index in [2.05, 4.69) is 4.98 Å². The molecule has 0 N–H and O–H groups in total. The van der Waals surface area contributed by atoms with E-state index in [4.69, 9.17) is 4.74 Å². The van der Waals surface area contributed by atoms with Gasteiger partial charge in [-0.2, -0.15) is 0 Å². The number of hydrogen-bond donors (Lipinski definition) is 0. The summed E-state index contributed by atoms with van der Waals surface area (Å²) in [5.41, 5.74) is -0.562. The van der Waals surface area contributed by atoms with Crippen LogP contribution in [0.5, 0.6) is 0 Å². The molecule has 0 saturated carbocycles. The summed E-state index contributed by atoms with van der Waals surface area (Å²) < 4.78 is 42.5. The molecule has 0 aromatic carbocycles. The third kappa shape index (κ3) is 6.20. The summed E-state index contributed by atoms with van der Waals surface area (Å²) in [4.78, 5) is 19.1. The molecular formula is C12H18BF3KN3O2S. The number of ether oxygens (including phenoxy) is 1. The van der Waals surface area contributed by atoms with Gasteiger partial charge in [0, 0.05) is 32.4 Å². The molecule has 1 amide bonds. The van der Waals surface area contributed by atoms with Gasteiger partial charge in [0.25, 0.3) is 0 Å². The van der Waals surface area contributed by atoms with E-state index in [-0.39, 0.29) is 51.4 Å². The summed E-state index contributed by atoms with van der Waals surface area (Å²) in [5, 5.41) is 0.345. The number of halogens is 3. The van der Waals surface area contributed by atoms with Crippen LogP contribution in [0.1, 0.15) is 20.8 Å². The Morgan fingerprint density at radius 1 is 1.26 bits per heavy atom. The molecule has 0 radical (unpaired) electrons. The van der Waals surface area contributed by atoms with Crippen LogP contribution in [0, 0.1) is 0 Å². The Balaban J connectivity index is 0.00000264. The minimum Gasteiger partial charge on any atom is -0.444 e.